The molecule has 2 aromatic carbocycles. The van der Waals surface area contributed by atoms with E-state index in [4.69, 9.17) is 4.74 Å². The summed E-state index contributed by atoms with van der Waals surface area (Å²) < 4.78 is 5.24. The van der Waals surface area contributed by atoms with Gasteiger partial charge in [0, 0.05) is 24.0 Å². The Morgan fingerprint density at radius 2 is 1.93 bits per heavy atom. The Hall–Kier alpha value is -3.41. The second-order valence-corrected chi connectivity index (χ2v) is 6.05. The van der Waals surface area contributed by atoms with Gasteiger partial charge in [0.1, 0.15) is 11.6 Å². The highest BCUT2D eigenvalue weighted by molar-refractivity contribution is 5.94. The third-order valence-electron chi connectivity index (χ3n) is 4.05. The van der Waals surface area contributed by atoms with E-state index in [2.05, 4.69) is 26.7 Å². The molecule has 0 saturated heterocycles. The van der Waals surface area contributed by atoms with Crippen LogP contribution in [0.25, 0.3) is 0 Å². The Bertz CT molecular complexity index is 910. The van der Waals surface area contributed by atoms with Crippen LogP contribution in [-0.4, -0.2) is 29.4 Å². The average Bonchev–Trinajstić information content (AvgIpc) is 2.69. The first kappa shape index (κ1) is 18.4. The van der Waals surface area contributed by atoms with Gasteiger partial charge in [0.15, 0.2) is 5.78 Å². The van der Waals surface area contributed by atoms with Gasteiger partial charge in [0.2, 0.25) is 5.95 Å². The molecule has 0 saturated carbocycles. The summed E-state index contributed by atoms with van der Waals surface area (Å²) in [5.74, 6) is 2.14. The molecule has 0 aliphatic carbocycles. The number of Topliss-reactive ketones (excluding diaryl/α,β-unsaturated/α-hetero) is 1. The molecule has 27 heavy (non-hydrogen) atoms. The zero-order chi connectivity index (χ0) is 19.1. The predicted molar refractivity (Wildman–Crippen MR) is 107 cm³/mol. The maximum absolute atomic E-state index is 11.3. The summed E-state index contributed by atoms with van der Waals surface area (Å²) >= 11 is 0. The van der Waals surface area contributed by atoms with Crippen LogP contribution in [0.5, 0.6) is 5.75 Å². The van der Waals surface area contributed by atoms with Crippen LogP contribution in [0.15, 0.2) is 60.8 Å². The fraction of sp³-hybridized carbons (Fsp3) is 0.190. The highest BCUT2D eigenvalue weighted by Crippen LogP contribution is 2.17. The number of nitrogens with zero attached hydrogens (tertiary/aromatic N) is 2. The molecule has 2 N–H and O–H groups in total. The van der Waals surface area contributed by atoms with Crippen LogP contribution in [0.3, 0.4) is 0 Å². The topological polar surface area (TPSA) is 76.1 Å². The number of aromatic nitrogens is 2. The van der Waals surface area contributed by atoms with E-state index in [1.807, 2.05) is 30.3 Å². The van der Waals surface area contributed by atoms with Gasteiger partial charge in [-0.1, -0.05) is 12.1 Å². The van der Waals surface area contributed by atoms with Crippen molar-refractivity contribution in [3.8, 4) is 5.75 Å². The van der Waals surface area contributed by atoms with Crippen LogP contribution < -0.4 is 15.4 Å². The summed E-state index contributed by atoms with van der Waals surface area (Å²) in [6, 6.07) is 17.1. The smallest absolute Gasteiger partial charge is 0.224 e. The van der Waals surface area contributed by atoms with Crippen molar-refractivity contribution in [2.45, 2.75) is 13.3 Å². The number of carbonyl (C=O) groups excluding carboxylic acids is 1. The predicted octanol–water partition coefficient (Wildman–Crippen LogP) is 4.09. The van der Waals surface area contributed by atoms with Crippen molar-refractivity contribution < 1.29 is 9.53 Å². The summed E-state index contributed by atoms with van der Waals surface area (Å²) in [5.41, 5.74) is 2.73. The molecule has 0 unspecified atom stereocenters. The zero-order valence-corrected chi connectivity index (χ0v) is 15.4. The summed E-state index contributed by atoms with van der Waals surface area (Å²) in [5, 5.41) is 6.45. The quantitative estimate of drug-likeness (QED) is 0.588. The minimum Gasteiger partial charge on any atom is -0.497 e. The first-order valence-corrected chi connectivity index (χ1v) is 8.72. The fourth-order valence-corrected chi connectivity index (χ4v) is 2.60. The molecule has 1 aromatic heterocycles. The zero-order valence-electron chi connectivity index (χ0n) is 15.4. The van der Waals surface area contributed by atoms with Gasteiger partial charge in [0.25, 0.3) is 0 Å². The van der Waals surface area contributed by atoms with Crippen LogP contribution in [0.4, 0.5) is 17.5 Å². The normalized spacial score (nSPS) is 10.3. The van der Waals surface area contributed by atoms with Gasteiger partial charge < -0.3 is 15.4 Å². The van der Waals surface area contributed by atoms with Gasteiger partial charge in [0.05, 0.1) is 7.11 Å². The van der Waals surface area contributed by atoms with Crippen molar-refractivity contribution in [1.82, 2.24) is 9.97 Å². The molecule has 6 heteroatoms. The van der Waals surface area contributed by atoms with Gasteiger partial charge in [-0.3, -0.25) is 4.79 Å². The number of ether oxygens (including phenoxy) is 1. The Kier molecular flexibility index (Phi) is 5.99. The number of nitrogens with one attached hydrogen (secondary N) is 2. The van der Waals surface area contributed by atoms with E-state index in [0.29, 0.717) is 23.9 Å². The number of hydrogen-bond acceptors (Lipinski definition) is 6. The molecule has 0 atom stereocenters. The standard InChI is InChI=1S/C21H22N4O2/c1-15(26)17-6-8-18(9-7-17)24-20-11-13-23-21(25-20)22-12-10-16-4-3-5-19(14-16)27-2/h3-9,11,13-14H,10,12H2,1-2H3,(H2,22,23,24,25). The first-order chi connectivity index (χ1) is 13.1. The molecule has 0 aliphatic heterocycles. The Balaban J connectivity index is 1.57. The lowest BCUT2D eigenvalue weighted by molar-refractivity contribution is 0.101. The van der Waals surface area contributed by atoms with Gasteiger partial charge in [-0.25, -0.2) is 4.98 Å². The van der Waals surface area contributed by atoms with E-state index in [-0.39, 0.29) is 5.78 Å². The molecule has 3 rings (SSSR count). The van der Waals surface area contributed by atoms with E-state index in [0.717, 1.165) is 17.9 Å². The molecular weight excluding hydrogens is 340 g/mol. The van der Waals surface area contributed by atoms with Crippen molar-refractivity contribution in [3.63, 3.8) is 0 Å². The SMILES string of the molecule is COc1cccc(CCNc2nccc(Nc3ccc(C(C)=O)cc3)n2)c1. The summed E-state index contributed by atoms with van der Waals surface area (Å²) in [4.78, 5) is 20.1. The molecule has 0 spiro atoms. The second kappa shape index (κ2) is 8.80. The third kappa shape index (κ3) is 5.28. The van der Waals surface area contributed by atoms with E-state index in [1.54, 1.807) is 38.4 Å². The lowest BCUT2D eigenvalue weighted by atomic mass is 10.1. The maximum Gasteiger partial charge on any atom is 0.224 e. The number of anilines is 3. The monoisotopic (exact) mass is 362 g/mol. The molecule has 138 valence electrons. The van der Waals surface area contributed by atoms with Crippen LogP contribution >= 0.6 is 0 Å². The van der Waals surface area contributed by atoms with Gasteiger partial charge >= 0.3 is 0 Å². The number of ketones is 1. The van der Waals surface area contributed by atoms with E-state index < -0.39 is 0 Å². The average molecular weight is 362 g/mol. The lowest BCUT2D eigenvalue weighted by Crippen LogP contribution is -2.08. The minimum atomic E-state index is 0.0473. The molecule has 1 heterocycles. The van der Waals surface area contributed by atoms with Gasteiger partial charge in [-0.05, 0) is 61.4 Å². The largest absolute Gasteiger partial charge is 0.497 e. The third-order valence-corrected chi connectivity index (χ3v) is 4.05. The Labute approximate surface area is 158 Å². The number of carbonyl (C=O) groups is 1. The molecule has 0 fully saturated rings. The number of benzene rings is 2. The summed E-state index contributed by atoms with van der Waals surface area (Å²) in [6.45, 7) is 2.26. The molecule has 6 nitrogen and oxygen atoms in total. The number of rotatable bonds is 8. The highest BCUT2D eigenvalue weighted by Gasteiger charge is 2.03. The Morgan fingerprint density at radius 3 is 2.67 bits per heavy atom. The number of methoxy groups -OCH3 is 1. The van der Waals surface area contributed by atoms with Crippen LogP contribution in [-0.2, 0) is 6.42 Å². The molecule has 0 aliphatic rings. The van der Waals surface area contributed by atoms with Gasteiger partial charge in [-0.2, -0.15) is 4.98 Å². The first-order valence-electron chi connectivity index (χ1n) is 8.72. The Morgan fingerprint density at radius 1 is 1.11 bits per heavy atom. The molecule has 0 amide bonds. The fourth-order valence-electron chi connectivity index (χ4n) is 2.60. The van der Waals surface area contributed by atoms with Crippen molar-refractivity contribution in [1.29, 1.82) is 0 Å². The second-order valence-electron chi connectivity index (χ2n) is 6.05. The summed E-state index contributed by atoms with van der Waals surface area (Å²) in [7, 11) is 1.66. The van der Waals surface area contributed by atoms with Crippen LogP contribution in [0, 0.1) is 0 Å². The van der Waals surface area contributed by atoms with Gasteiger partial charge in [-0.15, -0.1) is 0 Å². The molecule has 0 radical (unpaired) electrons. The van der Waals surface area contributed by atoms with Crippen molar-refractivity contribution in [2.75, 3.05) is 24.3 Å². The van der Waals surface area contributed by atoms with Crippen molar-refractivity contribution in [2.24, 2.45) is 0 Å². The maximum atomic E-state index is 11.3. The summed E-state index contributed by atoms with van der Waals surface area (Å²) in [6.07, 6.45) is 2.54. The van der Waals surface area contributed by atoms with E-state index >= 15 is 0 Å². The van der Waals surface area contributed by atoms with E-state index in [1.165, 1.54) is 5.56 Å². The van der Waals surface area contributed by atoms with Crippen LogP contribution in [0.1, 0.15) is 22.8 Å². The van der Waals surface area contributed by atoms with Crippen LogP contribution in [0.2, 0.25) is 0 Å². The molecule has 0 bridgehead atoms. The van der Waals surface area contributed by atoms with Crippen molar-refractivity contribution >= 4 is 23.2 Å². The number of hydrogen-bond donors (Lipinski definition) is 2. The lowest BCUT2D eigenvalue weighted by Gasteiger charge is -2.09. The minimum absolute atomic E-state index is 0.0473. The van der Waals surface area contributed by atoms with E-state index in [9.17, 15) is 4.79 Å². The molecular formula is C21H22N4O2. The van der Waals surface area contributed by atoms with Crippen molar-refractivity contribution in [3.05, 3.63) is 71.9 Å². The highest BCUT2D eigenvalue weighted by atomic mass is 16.5. The molecule has 3 aromatic rings.